The van der Waals surface area contributed by atoms with Gasteiger partial charge < -0.3 is 10.1 Å². The number of rotatable bonds is 2. The lowest BCUT2D eigenvalue weighted by atomic mass is 9.99. The van der Waals surface area contributed by atoms with Gasteiger partial charge in [0.05, 0.1) is 12.2 Å². The molecule has 1 aliphatic heterocycles. The summed E-state index contributed by atoms with van der Waals surface area (Å²) in [4.78, 5) is 0. The number of nitrogens with one attached hydrogen (secondary N) is 1. The molecule has 2 nitrogen and oxygen atoms in total. The molecule has 0 amide bonds. The minimum Gasteiger partial charge on any atom is -0.382 e. The molecule has 1 saturated heterocycles. The van der Waals surface area contributed by atoms with Crippen molar-refractivity contribution in [1.29, 1.82) is 0 Å². The van der Waals surface area contributed by atoms with Crippen LogP contribution in [-0.4, -0.2) is 18.2 Å². The Bertz CT molecular complexity index is 328. The second-order valence-electron chi connectivity index (χ2n) is 4.58. The summed E-state index contributed by atoms with van der Waals surface area (Å²) in [5.74, 6) is -0.195. The van der Waals surface area contributed by atoms with Crippen LogP contribution in [0, 0.1) is 5.82 Å². The first kappa shape index (κ1) is 11.4. The average Bonchev–Trinajstić information content (AvgIpc) is 2.20. The third-order valence-corrected chi connectivity index (χ3v) is 2.91. The van der Waals surface area contributed by atoms with Crippen molar-refractivity contribution < 1.29 is 9.13 Å². The van der Waals surface area contributed by atoms with Gasteiger partial charge >= 0.3 is 0 Å². The lowest BCUT2D eigenvalue weighted by molar-refractivity contribution is -0.0337. The number of hydrogen-bond donors (Lipinski definition) is 1. The summed E-state index contributed by atoms with van der Waals surface area (Å²) in [7, 11) is 0. The van der Waals surface area contributed by atoms with Crippen molar-refractivity contribution in [2.45, 2.75) is 44.9 Å². The third kappa shape index (κ3) is 2.95. The molecule has 1 aliphatic rings. The molecule has 3 heteroatoms. The molecule has 0 saturated carbocycles. The maximum absolute atomic E-state index is 12.7. The zero-order valence-electron chi connectivity index (χ0n) is 9.74. The summed E-state index contributed by atoms with van der Waals surface area (Å²) in [6.45, 7) is 4.18. The van der Waals surface area contributed by atoms with Crippen molar-refractivity contribution in [3.8, 4) is 0 Å². The van der Waals surface area contributed by atoms with Gasteiger partial charge in [-0.05, 0) is 51.0 Å². The quantitative estimate of drug-likeness (QED) is 0.831. The van der Waals surface area contributed by atoms with Gasteiger partial charge in [-0.15, -0.1) is 0 Å². The van der Waals surface area contributed by atoms with Crippen molar-refractivity contribution in [3.63, 3.8) is 0 Å². The standard InChI is InChI=1S/C13H18FNO/c1-9-7-13(8-10(2)16-9)15-12-5-3-11(14)4-6-12/h3-6,9-10,13,15H,7-8H2,1-2H3/t9-,10+,13?. The van der Waals surface area contributed by atoms with E-state index in [0.717, 1.165) is 18.5 Å². The van der Waals surface area contributed by atoms with E-state index in [1.54, 1.807) is 12.1 Å². The van der Waals surface area contributed by atoms with Gasteiger partial charge in [0.2, 0.25) is 0 Å². The Kier molecular flexibility index (Phi) is 3.44. The lowest BCUT2D eigenvalue weighted by Crippen LogP contribution is -2.36. The van der Waals surface area contributed by atoms with Crippen molar-refractivity contribution in [2.24, 2.45) is 0 Å². The Balaban J connectivity index is 1.96. The number of hydrogen-bond acceptors (Lipinski definition) is 2. The minimum atomic E-state index is -0.195. The number of anilines is 1. The van der Waals surface area contributed by atoms with Gasteiger partial charge in [0.15, 0.2) is 0 Å². The van der Waals surface area contributed by atoms with Gasteiger partial charge in [-0.25, -0.2) is 4.39 Å². The number of ether oxygens (including phenoxy) is 1. The van der Waals surface area contributed by atoms with E-state index in [2.05, 4.69) is 19.2 Å². The summed E-state index contributed by atoms with van der Waals surface area (Å²) < 4.78 is 18.4. The van der Waals surface area contributed by atoms with Crippen LogP contribution in [0.5, 0.6) is 0 Å². The Labute approximate surface area is 95.8 Å². The minimum absolute atomic E-state index is 0.195. The lowest BCUT2D eigenvalue weighted by Gasteiger charge is -2.33. The van der Waals surface area contributed by atoms with Crippen LogP contribution in [0.1, 0.15) is 26.7 Å². The van der Waals surface area contributed by atoms with Gasteiger partial charge in [-0.1, -0.05) is 0 Å². The summed E-state index contributed by atoms with van der Waals surface area (Å²) in [6.07, 6.45) is 2.59. The molecule has 1 N–H and O–H groups in total. The zero-order valence-corrected chi connectivity index (χ0v) is 9.74. The predicted octanol–water partition coefficient (Wildman–Crippen LogP) is 3.19. The highest BCUT2D eigenvalue weighted by atomic mass is 19.1. The molecule has 1 fully saturated rings. The molecular weight excluding hydrogens is 205 g/mol. The molecule has 1 aromatic carbocycles. The molecular formula is C13H18FNO. The van der Waals surface area contributed by atoms with Gasteiger partial charge in [0.25, 0.3) is 0 Å². The van der Waals surface area contributed by atoms with Crippen LogP contribution < -0.4 is 5.32 Å². The van der Waals surface area contributed by atoms with Gasteiger partial charge in [-0.3, -0.25) is 0 Å². The smallest absolute Gasteiger partial charge is 0.123 e. The van der Waals surface area contributed by atoms with E-state index in [1.807, 2.05) is 0 Å². The van der Waals surface area contributed by atoms with Crippen LogP contribution >= 0.6 is 0 Å². The van der Waals surface area contributed by atoms with E-state index in [-0.39, 0.29) is 5.82 Å². The molecule has 16 heavy (non-hydrogen) atoms. The summed E-state index contributed by atoms with van der Waals surface area (Å²) in [5.41, 5.74) is 0.979. The molecule has 1 heterocycles. The highest BCUT2D eigenvalue weighted by molar-refractivity contribution is 5.43. The van der Waals surface area contributed by atoms with Gasteiger partial charge in [-0.2, -0.15) is 0 Å². The van der Waals surface area contributed by atoms with Crippen LogP contribution in [0.25, 0.3) is 0 Å². The number of halogens is 1. The third-order valence-electron chi connectivity index (χ3n) is 2.91. The van der Waals surface area contributed by atoms with E-state index in [1.165, 1.54) is 12.1 Å². The topological polar surface area (TPSA) is 21.3 Å². The molecule has 0 bridgehead atoms. The molecule has 1 unspecified atom stereocenters. The van der Waals surface area contributed by atoms with Crippen molar-refractivity contribution in [1.82, 2.24) is 0 Å². The Hall–Kier alpha value is -1.09. The molecule has 0 radical (unpaired) electrons. The van der Waals surface area contributed by atoms with E-state index in [4.69, 9.17) is 4.74 Å². The second kappa shape index (κ2) is 4.83. The molecule has 2 rings (SSSR count). The van der Waals surface area contributed by atoms with Crippen molar-refractivity contribution in [3.05, 3.63) is 30.1 Å². The highest BCUT2D eigenvalue weighted by Crippen LogP contribution is 2.22. The first-order valence-electron chi connectivity index (χ1n) is 5.81. The SMILES string of the molecule is C[C@@H]1CC(Nc2ccc(F)cc2)C[C@H](C)O1. The molecule has 3 atom stereocenters. The van der Waals surface area contributed by atoms with E-state index in [0.29, 0.717) is 18.2 Å². The first-order chi connectivity index (χ1) is 7.63. The highest BCUT2D eigenvalue weighted by Gasteiger charge is 2.23. The fourth-order valence-corrected chi connectivity index (χ4v) is 2.30. The summed E-state index contributed by atoms with van der Waals surface area (Å²) in [5, 5.41) is 3.42. The second-order valence-corrected chi connectivity index (χ2v) is 4.58. The van der Waals surface area contributed by atoms with E-state index in [9.17, 15) is 4.39 Å². The van der Waals surface area contributed by atoms with E-state index >= 15 is 0 Å². The number of benzene rings is 1. The fraction of sp³-hybridized carbons (Fsp3) is 0.538. The predicted molar refractivity (Wildman–Crippen MR) is 63.1 cm³/mol. The Morgan fingerprint density at radius 3 is 2.25 bits per heavy atom. The van der Waals surface area contributed by atoms with Crippen LogP contribution in [-0.2, 0) is 4.74 Å². The normalized spacial score (nSPS) is 30.1. The van der Waals surface area contributed by atoms with E-state index < -0.39 is 0 Å². The van der Waals surface area contributed by atoms with Crippen LogP contribution in [0.3, 0.4) is 0 Å². The Morgan fingerprint density at radius 2 is 1.69 bits per heavy atom. The fourth-order valence-electron chi connectivity index (χ4n) is 2.30. The van der Waals surface area contributed by atoms with Crippen LogP contribution in [0.4, 0.5) is 10.1 Å². The zero-order chi connectivity index (χ0) is 11.5. The summed E-state index contributed by atoms with van der Waals surface area (Å²) >= 11 is 0. The molecule has 88 valence electrons. The van der Waals surface area contributed by atoms with Gasteiger partial charge in [0.1, 0.15) is 5.82 Å². The van der Waals surface area contributed by atoms with Crippen LogP contribution in [0.2, 0.25) is 0 Å². The molecule has 1 aromatic rings. The van der Waals surface area contributed by atoms with Crippen LogP contribution in [0.15, 0.2) is 24.3 Å². The first-order valence-corrected chi connectivity index (χ1v) is 5.81. The maximum Gasteiger partial charge on any atom is 0.123 e. The largest absolute Gasteiger partial charge is 0.382 e. The Morgan fingerprint density at radius 1 is 1.12 bits per heavy atom. The average molecular weight is 223 g/mol. The molecule has 0 spiro atoms. The van der Waals surface area contributed by atoms with Crippen molar-refractivity contribution >= 4 is 5.69 Å². The maximum atomic E-state index is 12.7. The summed E-state index contributed by atoms with van der Waals surface area (Å²) in [6, 6.07) is 6.94. The van der Waals surface area contributed by atoms with Crippen molar-refractivity contribution in [2.75, 3.05) is 5.32 Å². The molecule has 0 aromatic heterocycles. The van der Waals surface area contributed by atoms with Gasteiger partial charge in [0, 0.05) is 11.7 Å². The monoisotopic (exact) mass is 223 g/mol. The molecule has 0 aliphatic carbocycles.